The van der Waals surface area contributed by atoms with Crippen LogP contribution >= 0.6 is 0 Å². The molecule has 0 unspecified atom stereocenters. The van der Waals surface area contributed by atoms with Gasteiger partial charge in [0.15, 0.2) is 0 Å². The summed E-state index contributed by atoms with van der Waals surface area (Å²) in [4.78, 5) is 11.4. The van der Waals surface area contributed by atoms with E-state index in [0.717, 1.165) is 0 Å². The van der Waals surface area contributed by atoms with Gasteiger partial charge in [-0.15, -0.1) is 0 Å². The van der Waals surface area contributed by atoms with Crippen molar-refractivity contribution in [3.8, 4) is 11.5 Å². The average Bonchev–Trinajstić information content (AvgIpc) is 2.41. The zero-order valence-corrected chi connectivity index (χ0v) is 9.65. The molecule has 0 spiro atoms. The van der Waals surface area contributed by atoms with Crippen LogP contribution in [0.15, 0.2) is 73.0 Å². The minimum absolute atomic E-state index is 0.475. The molecule has 3 nitrogen and oxygen atoms in total. The Morgan fingerprint density at radius 2 is 1.39 bits per heavy atom. The molecule has 2 aromatic rings. The van der Waals surface area contributed by atoms with Gasteiger partial charge in [0.25, 0.3) is 0 Å². The van der Waals surface area contributed by atoms with E-state index in [0.29, 0.717) is 11.5 Å². The van der Waals surface area contributed by atoms with Gasteiger partial charge in [0.2, 0.25) is 0 Å². The second kappa shape index (κ2) is 6.25. The number of ether oxygens (including phenoxy) is 2. The standard InChI is InChI=1S/C15H12O3/c16-15(18-14-9-5-2-6-10-14)11-12-17-13-7-3-1-4-8-13/h1-12H/b12-11+. The van der Waals surface area contributed by atoms with E-state index in [-0.39, 0.29) is 0 Å². The lowest BCUT2D eigenvalue weighted by atomic mass is 10.3. The smallest absolute Gasteiger partial charge is 0.339 e. The molecule has 3 heteroatoms. The lowest BCUT2D eigenvalue weighted by Gasteiger charge is -2.00. The SMILES string of the molecule is O=C(/C=C/Oc1ccccc1)Oc1ccccc1. The van der Waals surface area contributed by atoms with Crippen LogP contribution < -0.4 is 9.47 Å². The Labute approximate surface area is 105 Å². The van der Waals surface area contributed by atoms with Crippen LogP contribution in [0.5, 0.6) is 11.5 Å². The molecule has 2 rings (SSSR count). The number of carbonyl (C=O) groups is 1. The van der Waals surface area contributed by atoms with Crippen LogP contribution in [0.1, 0.15) is 0 Å². The van der Waals surface area contributed by atoms with Gasteiger partial charge in [-0.05, 0) is 24.3 Å². The molecule has 0 N–H and O–H groups in total. The Balaban J connectivity index is 1.85. The Morgan fingerprint density at radius 1 is 0.833 bits per heavy atom. The van der Waals surface area contributed by atoms with Gasteiger partial charge in [-0.25, -0.2) is 4.79 Å². The van der Waals surface area contributed by atoms with Gasteiger partial charge in [-0.1, -0.05) is 36.4 Å². The molecule has 0 aromatic heterocycles. The first-order chi connectivity index (χ1) is 8.84. The highest BCUT2D eigenvalue weighted by Gasteiger charge is 1.98. The van der Waals surface area contributed by atoms with Gasteiger partial charge in [-0.2, -0.15) is 0 Å². The summed E-state index contributed by atoms with van der Waals surface area (Å²) in [6.07, 6.45) is 2.54. The van der Waals surface area contributed by atoms with E-state index in [9.17, 15) is 4.79 Å². The predicted octanol–water partition coefficient (Wildman–Crippen LogP) is 3.18. The van der Waals surface area contributed by atoms with E-state index in [1.54, 1.807) is 36.4 Å². The molecular formula is C15H12O3. The van der Waals surface area contributed by atoms with Gasteiger partial charge >= 0.3 is 5.97 Å². The molecule has 0 saturated carbocycles. The zero-order chi connectivity index (χ0) is 12.6. The van der Waals surface area contributed by atoms with Crippen LogP contribution in [-0.2, 0) is 4.79 Å². The highest BCUT2D eigenvalue weighted by atomic mass is 16.5. The summed E-state index contributed by atoms with van der Waals surface area (Å²) < 4.78 is 10.3. The maximum Gasteiger partial charge on any atom is 0.339 e. The zero-order valence-electron chi connectivity index (χ0n) is 9.65. The fourth-order valence-electron chi connectivity index (χ4n) is 1.31. The summed E-state index contributed by atoms with van der Waals surface area (Å²) in [6, 6.07) is 18.1. The predicted molar refractivity (Wildman–Crippen MR) is 68.3 cm³/mol. The van der Waals surface area contributed by atoms with E-state index in [4.69, 9.17) is 9.47 Å². The Kier molecular flexibility index (Phi) is 4.14. The summed E-state index contributed by atoms with van der Waals surface area (Å²) in [5.74, 6) is 0.699. The summed E-state index contributed by atoms with van der Waals surface area (Å²) in [6.45, 7) is 0. The van der Waals surface area contributed by atoms with Crippen LogP contribution in [0.2, 0.25) is 0 Å². The molecule has 2 aromatic carbocycles. The van der Waals surface area contributed by atoms with Crippen LogP contribution in [-0.4, -0.2) is 5.97 Å². The van der Waals surface area contributed by atoms with Crippen molar-refractivity contribution in [3.05, 3.63) is 73.0 Å². The molecule has 0 saturated heterocycles. The molecule has 0 fully saturated rings. The number of esters is 1. The summed E-state index contributed by atoms with van der Waals surface area (Å²) in [7, 11) is 0. The highest BCUT2D eigenvalue weighted by molar-refractivity contribution is 5.83. The molecule has 18 heavy (non-hydrogen) atoms. The van der Waals surface area contributed by atoms with E-state index < -0.39 is 5.97 Å². The van der Waals surface area contributed by atoms with E-state index >= 15 is 0 Å². The van der Waals surface area contributed by atoms with Gasteiger partial charge < -0.3 is 9.47 Å². The Morgan fingerprint density at radius 3 is 2.00 bits per heavy atom. The van der Waals surface area contributed by atoms with Crippen LogP contribution in [0.3, 0.4) is 0 Å². The highest BCUT2D eigenvalue weighted by Crippen LogP contribution is 2.10. The molecule has 0 atom stereocenters. The normalized spacial score (nSPS) is 10.2. The maximum atomic E-state index is 11.4. The molecular weight excluding hydrogens is 228 g/mol. The number of rotatable bonds is 4. The maximum absolute atomic E-state index is 11.4. The molecule has 0 heterocycles. The number of hydrogen-bond donors (Lipinski definition) is 0. The molecule has 0 amide bonds. The molecule has 0 bridgehead atoms. The largest absolute Gasteiger partial charge is 0.465 e. The van der Waals surface area contributed by atoms with Crippen molar-refractivity contribution in [2.45, 2.75) is 0 Å². The first-order valence-electron chi connectivity index (χ1n) is 5.50. The minimum atomic E-state index is -0.475. The number of carbonyl (C=O) groups excluding carboxylic acids is 1. The lowest BCUT2D eigenvalue weighted by Crippen LogP contribution is -2.04. The fourth-order valence-corrected chi connectivity index (χ4v) is 1.31. The van der Waals surface area contributed by atoms with Crippen LogP contribution in [0.4, 0.5) is 0 Å². The van der Waals surface area contributed by atoms with Gasteiger partial charge in [0.1, 0.15) is 11.5 Å². The third-order valence-electron chi connectivity index (χ3n) is 2.11. The van der Waals surface area contributed by atoms with E-state index in [1.807, 2.05) is 24.3 Å². The third kappa shape index (κ3) is 3.79. The summed E-state index contributed by atoms with van der Waals surface area (Å²) in [5, 5.41) is 0. The van der Waals surface area contributed by atoms with Gasteiger partial charge in [0, 0.05) is 0 Å². The van der Waals surface area contributed by atoms with Crippen molar-refractivity contribution < 1.29 is 14.3 Å². The number of benzene rings is 2. The second-order valence-electron chi connectivity index (χ2n) is 3.47. The minimum Gasteiger partial charge on any atom is -0.465 e. The monoisotopic (exact) mass is 240 g/mol. The molecule has 0 aliphatic carbocycles. The van der Waals surface area contributed by atoms with Crippen LogP contribution in [0, 0.1) is 0 Å². The van der Waals surface area contributed by atoms with Crippen LogP contribution in [0.25, 0.3) is 0 Å². The third-order valence-corrected chi connectivity index (χ3v) is 2.11. The topological polar surface area (TPSA) is 35.5 Å². The number of para-hydroxylation sites is 2. The first-order valence-corrected chi connectivity index (χ1v) is 5.50. The van der Waals surface area contributed by atoms with Gasteiger partial charge in [-0.3, -0.25) is 0 Å². The summed E-state index contributed by atoms with van der Waals surface area (Å²) in [5.41, 5.74) is 0. The quantitative estimate of drug-likeness (QED) is 0.356. The molecule has 0 aliphatic rings. The molecule has 0 aliphatic heterocycles. The van der Waals surface area contributed by atoms with E-state index in [2.05, 4.69) is 0 Å². The van der Waals surface area contributed by atoms with Crippen molar-refractivity contribution in [1.29, 1.82) is 0 Å². The molecule has 90 valence electrons. The Bertz CT molecular complexity index is 518. The van der Waals surface area contributed by atoms with Crippen molar-refractivity contribution in [2.24, 2.45) is 0 Å². The lowest BCUT2D eigenvalue weighted by molar-refractivity contribution is -0.129. The second-order valence-corrected chi connectivity index (χ2v) is 3.47. The van der Waals surface area contributed by atoms with E-state index in [1.165, 1.54) is 12.3 Å². The summed E-state index contributed by atoms with van der Waals surface area (Å²) >= 11 is 0. The van der Waals surface area contributed by atoms with Crippen molar-refractivity contribution in [2.75, 3.05) is 0 Å². The fraction of sp³-hybridized carbons (Fsp3) is 0. The first kappa shape index (κ1) is 11.9. The van der Waals surface area contributed by atoms with Crippen molar-refractivity contribution in [1.82, 2.24) is 0 Å². The van der Waals surface area contributed by atoms with Gasteiger partial charge in [0.05, 0.1) is 12.3 Å². The molecule has 0 radical (unpaired) electrons. The Hall–Kier alpha value is -2.55. The van der Waals surface area contributed by atoms with Crippen molar-refractivity contribution in [3.63, 3.8) is 0 Å². The number of hydrogen-bond acceptors (Lipinski definition) is 3. The van der Waals surface area contributed by atoms with Crippen molar-refractivity contribution >= 4 is 5.97 Å². The average molecular weight is 240 g/mol.